The lowest BCUT2D eigenvalue weighted by atomic mass is 10.2. The molecule has 0 aliphatic heterocycles. The Morgan fingerprint density at radius 3 is 2.52 bits per heavy atom. The summed E-state index contributed by atoms with van der Waals surface area (Å²) < 4.78 is 44.3. The fourth-order valence-electron chi connectivity index (χ4n) is 3.02. The zero-order valence-electron chi connectivity index (χ0n) is 16.2. The van der Waals surface area contributed by atoms with Crippen LogP contribution in [0.3, 0.4) is 0 Å². The number of anilines is 1. The first-order valence-electron chi connectivity index (χ1n) is 9.12. The topological polar surface area (TPSA) is 82.3 Å². The van der Waals surface area contributed by atoms with Crippen LogP contribution in [0.15, 0.2) is 52.1 Å². The van der Waals surface area contributed by atoms with Crippen LogP contribution in [0.1, 0.15) is 6.92 Å². The van der Waals surface area contributed by atoms with Gasteiger partial charge in [0.2, 0.25) is 5.91 Å². The van der Waals surface area contributed by atoms with Crippen molar-refractivity contribution in [1.82, 2.24) is 9.13 Å². The highest BCUT2D eigenvalue weighted by atomic mass is 35.5. The second-order valence-electron chi connectivity index (χ2n) is 6.53. The highest BCUT2D eigenvalue weighted by Crippen LogP contribution is 2.29. The summed E-state index contributed by atoms with van der Waals surface area (Å²) in [5.74, 6) is -0.946. The Hall–Kier alpha value is -3.27. The van der Waals surface area contributed by atoms with E-state index in [9.17, 15) is 27.6 Å². The summed E-state index contributed by atoms with van der Waals surface area (Å²) in [4.78, 5) is 37.9. The first-order chi connectivity index (χ1) is 14.6. The van der Waals surface area contributed by atoms with Crippen molar-refractivity contribution in [3.63, 3.8) is 0 Å². The molecule has 0 aliphatic carbocycles. The summed E-state index contributed by atoms with van der Waals surface area (Å²) in [5, 5.41) is 2.84. The van der Waals surface area contributed by atoms with Crippen LogP contribution in [0.5, 0.6) is 5.75 Å². The van der Waals surface area contributed by atoms with Crippen LogP contribution < -0.4 is 21.3 Å². The number of aromatic nitrogens is 2. The smallest absolute Gasteiger partial charge is 0.422 e. The lowest BCUT2D eigenvalue weighted by molar-refractivity contribution is -0.153. The van der Waals surface area contributed by atoms with Crippen LogP contribution in [0, 0.1) is 0 Å². The van der Waals surface area contributed by atoms with Gasteiger partial charge in [-0.2, -0.15) is 13.2 Å². The number of nitrogens with zero attached hydrogens (tertiary/aromatic N) is 2. The van der Waals surface area contributed by atoms with E-state index in [4.69, 9.17) is 16.3 Å². The Bertz CT molecular complexity index is 1250. The van der Waals surface area contributed by atoms with E-state index in [1.54, 1.807) is 19.1 Å². The fourth-order valence-corrected chi connectivity index (χ4v) is 3.19. The minimum atomic E-state index is -4.57. The van der Waals surface area contributed by atoms with Crippen molar-refractivity contribution >= 4 is 34.1 Å². The molecule has 3 rings (SSSR count). The number of rotatable bonds is 6. The molecule has 0 spiro atoms. The molecule has 2 aromatic carbocycles. The molecule has 0 aliphatic rings. The van der Waals surface area contributed by atoms with Crippen molar-refractivity contribution in [2.24, 2.45) is 0 Å². The Kier molecular flexibility index (Phi) is 6.40. The van der Waals surface area contributed by atoms with E-state index in [2.05, 4.69) is 5.32 Å². The molecule has 0 fully saturated rings. The molecule has 1 aromatic heterocycles. The van der Waals surface area contributed by atoms with E-state index in [1.807, 2.05) is 0 Å². The van der Waals surface area contributed by atoms with Crippen LogP contribution in [0.25, 0.3) is 10.9 Å². The Labute approximate surface area is 178 Å². The molecule has 11 heteroatoms. The number of fused-ring (bicyclic) bond motifs is 1. The third-order valence-electron chi connectivity index (χ3n) is 4.36. The van der Waals surface area contributed by atoms with Gasteiger partial charge in [-0.1, -0.05) is 23.7 Å². The summed E-state index contributed by atoms with van der Waals surface area (Å²) in [6.07, 6.45) is -4.57. The Morgan fingerprint density at radius 1 is 1.13 bits per heavy atom. The standard InChI is InChI=1S/C20H17ClF3N3O4/c1-2-26-18(29)13-5-3-4-6-15(13)27(19(26)30)10-17(28)25-14-9-12(21)7-8-16(14)31-11-20(22,23)24/h3-9H,2,10-11H2,1H3,(H,25,28). The van der Waals surface area contributed by atoms with Gasteiger partial charge in [-0.3, -0.25) is 18.7 Å². The van der Waals surface area contributed by atoms with Crippen molar-refractivity contribution in [3.8, 4) is 5.75 Å². The van der Waals surface area contributed by atoms with E-state index >= 15 is 0 Å². The predicted molar refractivity (Wildman–Crippen MR) is 110 cm³/mol. The number of carbonyl (C=O) groups is 1. The van der Waals surface area contributed by atoms with Gasteiger partial charge >= 0.3 is 11.9 Å². The second-order valence-corrected chi connectivity index (χ2v) is 6.96. The molecular formula is C20H17ClF3N3O4. The maximum absolute atomic E-state index is 12.7. The third kappa shape index (κ3) is 5.08. The maximum atomic E-state index is 12.7. The number of hydrogen-bond donors (Lipinski definition) is 1. The van der Waals surface area contributed by atoms with Crippen molar-refractivity contribution in [3.05, 3.63) is 68.3 Å². The minimum Gasteiger partial charge on any atom is -0.482 e. The largest absolute Gasteiger partial charge is 0.482 e. The van der Waals surface area contributed by atoms with Gasteiger partial charge < -0.3 is 10.1 Å². The number of nitrogens with one attached hydrogen (secondary N) is 1. The highest BCUT2D eigenvalue weighted by molar-refractivity contribution is 6.31. The zero-order chi connectivity index (χ0) is 22.8. The Morgan fingerprint density at radius 2 is 1.84 bits per heavy atom. The normalized spacial score (nSPS) is 11.5. The third-order valence-corrected chi connectivity index (χ3v) is 4.59. The monoisotopic (exact) mass is 455 g/mol. The maximum Gasteiger partial charge on any atom is 0.422 e. The first kappa shape index (κ1) is 22.4. The van der Waals surface area contributed by atoms with Gasteiger partial charge in [0.25, 0.3) is 5.56 Å². The van der Waals surface area contributed by atoms with Gasteiger partial charge in [-0.25, -0.2) is 4.79 Å². The van der Waals surface area contributed by atoms with E-state index in [0.29, 0.717) is 0 Å². The molecule has 1 N–H and O–H groups in total. The molecule has 0 unspecified atom stereocenters. The number of halogens is 4. The van der Waals surface area contributed by atoms with Crippen molar-refractivity contribution in [1.29, 1.82) is 0 Å². The van der Waals surface area contributed by atoms with Crippen molar-refractivity contribution < 1.29 is 22.7 Å². The van der Waals surface area contributed by atoms with Crippen LogP contribution in [-0.4, -0.2) is 27.8 Å². The van der Waals surface area contributed by atoms with E-state index in [1.165, 1.54) is 30.3 Å². The number of para-hydroxylation sites is 1. The molecule has 1 heterocycles. The molecule has 31 heavy (non-hydrogen) atoms. The lowest BCUT2D eigenvalue weighted by Crippen LogP contribution is -2.41. The number of carbonyl (C=O) groups excluding carboxylic acids is 1. The van der Waals surface area contributed by atoms with Crippen molar-refractivity contribution in [2.75, 3.05) is 11.9 Å². The SMILES string of the molecule is CCn1c(=O)c2ccccc2n(CC(=O)Nc2cc(Cl)ccc2OCC(F)(F)F)c1=O. The van der Waals surface area contributed by atoms with Gasteiger partial charge in [-0.15, -0.1) is 0 Å². The average molecular weight is 456 g/mol. The van der Waals surface area contributed by atoms with Gasteiger partial charge in [0.15, 0.2) is 6.61 Å². The van der Waals surface area contributed by atoms with E-state index in [-0.39, 0.29) is 33.9 Å². The number of benzene rings is 2. The van der Waals surface area contributed by atoms with Crippen LogP contribution >= 0.6 is 11.6 Å². The number of alkyl halides is 3. The number of ether oxygens (including phenoxy) is 1. The molecule has 7 nitrogen and oxygen atoms in total. The number of hydrogen-bond acceptors (Lipinski definition) is 4. The second kappa shape index (κ2) is 8.84. The quantitative estimate of drug-likeness (QED) is 0.617. The average Bonchev–Trinajstić information content (AvgIpc) is 2.70. The van der Waals surface area contributed by atoms with Crippen LogP contribution in [0.2, 0.25) is 5.02 Å². The fraction of sp³-hybridized carbons (Fsp3) is 0.250. The Balaban J connectivity index is 1.94. The molecule has 0 atom stereocenters. The van der Waals surface area contributed by atoms with E-state index < -0.39 is 36.5 Å². The molecule has 1 amide bonds. The highest BCUT2D eigenvalue weighted by Gasteiger charge is 2.29. The van der Waals surface area contributed by atoms with Crippen molar-refractivity contribution in [2.45, 2.75) is 26.2 Å². The summed E-state index contributed by atoms with van der Waals surface area (Å²) >= 11 is 5.89. The molecule has 3 aromatic rings. The lowest BCUT2D eigenvalue weighted by Gasteiger charge is -2.16. The molecular weight excluding hydrogens is 439 g/mol. The first-order valence-corrected chi connectivity index (χ1v) is 9.50. The summed E-state index contributed by atoms with van der Waals surface area (Å²) in [6, 6.07) is 10.1. The summed E-state index contributed by atoms with van der Waals surface area (Å²) in [7, 11) is 0. The molecule has 164 valence electrons. The molecule has 0 radical (unpaired) electrons. The molecule has 0 saturated carbocycles. The van der Waals surface area contributed by atoms with Gasteiger partial charge in [0.1, 0.15) is 12.3 Å². The predicted octanol–water partition coefficient (Wildman–Crippen LogP) is 3.42. The van der Waals surface area contributed by atoms with Crippen LogP contribution in [0.4, 0.5) is 18.9 Å². The zero-order valence-corrected chi connectivity index (χ0v) is 17.0. The molecule has 0 saturated heterocycles. The van der Waals surface area contributed by atoms with Gasteiger partial charge in [0.05, 0.1) is 16.6 Å². The van der Waals surface area contributed by atoms with Gasteiger partial charge in [0, 0.05) is 11.6 Å². The summed E-state index contributed by atoms with van der Waals surface area (Å²) in [6.45, 7) is -0.306. The minimum absolute atomic E-state index is 0.0806. The van der Waals surface area contributed by atoms with Gasteiger partial charge in [-0.05, 0) is 37.3 Å². The number of amides is 1. The molecule has 0 bridgehead atoms. The van der Waals surface area contributed by atoms with Crippen LogP contribution in [-0.2, 0) is 17.9 Å². The summed E-state index contributed by atoms with van der Waals surface area (Å²) in [5.41, 5.74) is -0.974. The van der Waals surface area contributed by atoms with E-state index in [0.717, 1.165) is 9.13 Å².